The number of hydrogen-bond donors (Lipinski definition) is 0. The molecule has 0 radical (unpaired) electrons. The van der Waals surface area contributed by atoms with Crippen LogP contribution in [0.3, 0.4) is 0 Å². The van der Waals surface area contributed by atoms with Gasteiger partial charge in [0, 0.05) is 5.56 Å². The zero-order chi connectivity index (χ0) is 17.0. The Bertz CT molecular complexity index is 629. The summed E-state index contributed by atoms with van der Waals surface area (Å²) in [6, 6.07) is 8.18. The Hall–Kier alpha value is -1.74. The number of esters is 1. The topological polar surface area (TPSA) is 26.3 Å². The number of rotatable bonds is 1. The summed E-state index contributed by atoms with van der Waals surface area (Å²) in [5.41, 5.74) is -1.76. The second kappa shape index (κ2) is 7.01. The monoisotopic (exact) mass is 374 g/mol. The quantitative estimate of drug-likeness (QED) is 0.408. The highest BCUT2D eigenvalue weighted by Gasteiger charge is 2.38. The molecule has 0 heterocycles. The summed E-state index contributed by atoms with van der Waals surface area (Å²) in [5.74, 6) is 3.27. The molecule has 1 aromatic carbocycles. The van der Waals surface area contributed by atoms with E-state index in [-0.39, 0.29) is 0 Å². The molecule has 0 bridgehead atoms. The Morgan fingerprint density at radius 1 is 1.14 bits per heavy atom. The van der Waals surface area contributed by atoms with Crippen molar-refractivity contribution in [2.45, 2.75) is 32.5 Å². The van der Waals surface area contributed by atoms with Crippen molar-refractivity contribution in [2.75, 3.05) is 0 Å². The molecule has 0 saturated carbocycles. The van der Waals surface area contributed by atoms with Crippen LogP contribution < -0.4 is 0 Å². The number of alkyl halides is 3. The van der Waals surface area contributed by atoms with Crippen LogP contribution >= 0.6 is 15.9 Å². The van der Waals surface area contributed by atoms with Crippen LogP contribution in [0.25, 0.3) is 0 Å². The predicted octanol–water partition coefficient (Wildman–Crippen LogP) is 4.59. The molecule has 0 fully saturated rings. The largest absolute Gasteiger partial charge is 0.456 e. The Morgan fingerprint density at radius 3 is 2.14 bits per heavy atom. The molecule has 0 spiro atoms. The molecule has 0 aliphatic carbocycles. The van der Waals surface area contributed by atoms with Gasteiger partial charge in [0.05, 0.1) is 0 Å². The number of carbonyl (C=O) groups is 1. The molecule has 22 heavy (non-hydrogen) atoms. The zero-order valence-corrected chi connectivity index (χ0v) is 13.8. The maximum Gasteiger partial charge on any atom is 0.425 e. The maximum atomic E-state index is 13.1. The first-order valence-electron chi connectivity index (χ1n) is 6.28. The highest BCUT2D eigenvalue weighted by Crippen LogP contribution is 2.31. The van der Waals surface area contributed by atoms with E-state index in [1.807, 2.05) is 5.92 Å². The van der Waals surface area contributed by atoms with Crippen molar-refractivity contribution in [2.24, 2.45) is 0 Å². The van der Waals surface area contributed by atoms with Crippen molar-refractivity contribution in [1.82, 2.24) is 0 Å². The van der Waals surface area contributed by atoms with E-state index < -0.39 is 27.8 Å². The second-order valence-electron chi connectivity index (χ2n) is 5.30. The van der Waals surface area contributed by atoms with Crippen LogP contribution in [0, 0.1) is 11.8 Å². The summed E-state index contributed by atoms with van der Waals surface area (Å²) < 4.78 is 43.4. The first-order chi connectivity index (χ1) is 10.0. The predicted molar refractivity (Wildman–Crippen MR) is 81.2 cm³/mol. The molecule has 1 rings (SSSR count). The number of benzene rings is 1. The van der Waals surface area contributed by atoms with Crippen molar-refractivity contribution in [1.29, 1.82) is 0 Å². The Kier molecular flexibility index (Phi) is 5.84. The highest BCUT2D eigenvalue weighted by atomic mass is 79.9. The van der Waals surface area contributed by atoms with Gasteiger partial charge in [-0.05, 0) is 48.8 Å². The summed E-state index contributed by atoms with van der Waals surface area (Å²) >= 11 is 2.65. The Labute approximate surface area is 135 Å². The molecule has 0 atom stereocenters. The molecule has 0 unspecified atom stereocenters. The molecule has 118 valence electrons. The average Bonchev–Trinajstić information content (AvgIpc) is 2.36. The van der Waals surface area contributed by atoms with Gasteiger partial charge >= 0.3 is 12.1 Å². The van der Waals surface area contributed by atoms with Crippen molar-refractivity contribution in [3.8, 4) is 11.8 Å². The molecule has 6 heteroatoms. The third-order valence-corrected chi connectivity index (χ3v) is 2.91. The molecule has 0 amide bonds. The number of allylic oxidation sites excluding steroid dienone is 1. The maximum absolute atomic E-state index is 13.1. The lowest BCUT2D eigenvalue weighted by atomic mass is 10.1. The van der Waals surface area contributed by atoms with Crippen LogP contribution in [0.5, 0.6) is 0 Å². The van der Waals surface area contributed by atoms with Gasteiger partial charge in [0.2, 0.25) is 0 Å². The van der Waals surface area contributed by atoms with Crippen molar-refractivity contribution in [3.05, 3.63) is 46.0 Å². The second-order valence-corrected chi connectivity index (χ2v) is 6.10. The van der Waals surface area contributed by atoms with Crippen molar-refractivity contribution in [3.63, 3.8) is 0 Å². The third kappa shape index (κ3) is 5.94. The van der Waals surface area contributed by atoms with Gasteiger partial charge in [0.15, 0.2) is 0 Å². The molecule has 0 aromatic heterocycles. The van der Waals surface area contributed by atoms with Crippen molar-refractivity contribution >= 4 is 21.9 Å². The molecule has 0 N–H and O–H groups in total. The fraction of sp³-hybridized carbons (Fsp3) is 0.312. The van der Waals surface area contributed by atoms with Crippen LogP contribution in [0.4, 0.5) is 13.2 Å². The van der Waals surface area contributed by atoms with Crippen LogP contribution in [0.2, 0.25) is 0 Å². The van der Waals surface area contributed by atoms with E-state index in [1.54, 1.807) is 51.1 Å². The molecule has 0 aliphatic rings. The van der Waals surface area contributed by atoms with Crippen LogP contribution in [-0.4, -0.2) is 17.7 Å². The Morgan fingerprint density at radius 2 is 1.68 bits per heavy atom. The summed E-state index contributed by atoms with van der Waals surface area (Å²) in [4.78, 5) is 11.8. The molecule has 2 nitrogen and oxygen atoms in total. The lowest BCUT2D eigenvalue weighted by Crippen LogP contribution is -2.25. The minimum absolute atomic E-state index is 0.411. The molecular formula is C16H14BrF3O2. The Balaban J connectivity index is 3.22. The van der Waals surface area contributed by atoms with E-state index in [4.69, 9.17) is 4.74 Å². The fourth-order valence-electron chi connectivity index (χ4n) is 1.33. The van der Waals surface area contributed by atoms with Crippen LogP contribution in [0.15, 0.2) is 40.4 Å². The van der Waals surface area contributed by atoms with Gasteiger partial charge in [-0.2, -0.15) is 13.2 Å². The van der Waals surface area contributed by atoms with Gasteiger partial charge in [-0.25, -0.2) is 4.79 Å². The van der Waals surface area contributed by atoms with Gasteiger partial charge in [-0.1, -0.05) is 30.0 Å². The van der Waals surface area contributed by atoms with Crippen LogP contribution in [0.1, 0.15) is 26.3 Å². The van der Waals surface area contributed by atoms with Gasteiger partial charge in [0.1, 0.15) is 15.7 Å². The molecular weight excluding hydrogens is 361 g/mol. The molecule has 1 aromatic rings. The first-order valence-corrected chi connectivity index (χ1v) is 7.07. The summed E-state index contributed by atoms with van der Waals surface area (Å²) in [5, 5.41) is 0. The first kappa shape index (κ1) is 18.3. The lowest BCUT2D eigenvalue weighted by molar-refractivity contribution is -0.149. The number of ether oxygens (including phenoxy) is 1. The van der Waals surface area contributed by atoms with E-state index in [2.05, 4.69) is 21.9 Å². The summed E-state index contributed by atoms with van der Waals surface area (Å²) in [6.45, 7) is 4.69. The highest BCUT2D eigenvalue weighted by molar-refractivity contribution is 9.12. The van der Waals surface area contributed by atoms with E-state index >= 15 is 0 Å². The minimum atomic E-state index is -4.77. The fourth-order valence-corrected chi connectivity index (χ4v) is 1.74. The smallest absolute Gasteiger partial charge is 0.425 e. The van der Waals surface area contributed by atoms with E-state index in [1.165, 1.54) is 0 Å². The molecule has 0 aliphatic heterocycles. The standard InChI is InChI=1S/C16H14BrF3O2/c1-15(2,3)22-14(21)13(17)12(16(18,19)20)10-9-11-7-5-4-6-8-11/h4-8H,1-3H3/b13-12-. The summed E-state index contributed by atoms with van der Waals surface area (Å²) in [7, 11) is 0. The van der Waals surface area contributed by atoms with E-state index in [9.17, 15) is 18.0 Å². The normalized spacial score (nSPS) is 12.9. The van der Waals surface area contributed by atoms with E-state index in [0.29, 0.717) is 5.56 Å². The SMILES string of the molecule is CC(C)(C)OC(=O)/C(Br)=C(\C#Cc1ccccc1)C(F)(F)F. The van der Waals surface area contributed by atoms with Gasteiger partial charge < -0.3 is 4.74 Å². The van der Waals surface area contributed by atoms with Crippen LogP contribution in [-0.2, 0) is 9.53 Å². The number of carbonyl (C=O) groups excluding carboxylic acids is 1. The third-order valence-electron chi connectivity index (χ3n) is 2.19. The lowest BCUT2D eigenvalue weighted by Gasteiger charge is -2.20. The average molecular weight is 375 g/mol. The van der Waals surface area contributed by atoms with Crippen molar-refractivity contribution < 1.29 is 22.7 Å². The van der Waals surface area contributed by atoms with E-state index in [0.717, 1.165) is 0 Å². The van der Waals surface area contributed by atoms with Gasteiger partial charge in [0.25, 0.3) is 0 Å². The van der Waals surface area contributed by atoms with Gasteiger partial charge in [-0.15, -0.1) is 0 Å². The summed E-state index contributed by atoms with van der Waals surface area (Å²) in [6.07, 6.45) is -4.77. The number of hydrogen-bond acceptors (Lipinski definition) is 2. The zero-order valence-electron chi connectivity index (χ0n) is 12.2. The molecule has 0 saturated heterocycles. The van der Waals surface area contributed by atoms with Gasteiger partial charge in [-0.3, -0.25) is 0 Å². The number of halogens is 4. The minimum Gasteiger partial charge on any atom is -0.456 e.